The molecule has 1 aromatic rings. The number of nitriles is 1. The molecule has 0 heterocycles. The molecule has 0 unspecified atom stereocenters. The SMILES string of the molecule is CCCCCc1ccc(CCCC[C@H]2CC[C@H]([C@H]3CC[C@H](CCC=CC#N)CC3)CC2)cc1. The summed E-state index contributed by atoms with van der Waals surface area (Å²) in [6, 6.07) is 11.6. The standard InChI is InChI=1S/C32H49N/c1-2-3-5-10-27-14-16-28(17-15-27)12-7-8-13-30-20-24-32(25-21-30)31-22-18-29(19-23-31)11-6-4-9-26-33/h4,9,14-17,29-32H,2-3,5-8,10-13,18-25H2,1H3/t29-,30-,31-,32-. The molecule has 3 rings (SSSR count). The summed E-state index contributed by atoms with van der Waals surface area (Å²) in [5, 5.41) is 8.61. The smallest absolute Gasteiger partial charge is 0.0908 e. The summed E-state index contributed by atoms with van der Waals surface area (Å²) in [6.45, 7) is 2.28. The summed E-state index contributed by atoms with van der Waals surface area (Å²) in [5.74, 6) is 3.96. The van der Waals surface area contributed by atoms with Crippen LogP contribution in [0.5, 0.6) is 0 Å². The third-order valence-corrected chi connectivity index (χ3v) is 8.80. The van der Waals surface area contributed by atoms with Crippen LogP contribution < -0.4 is 0 Å². The lowest BCUT2D eigenvalue weighted by Gasteiger charge is -2.38. The minimum Gasteiger partial charge on any atom is -0.193 e. The Hall–Kier alpha value is -1.55. The molecule has 182 valence electrons. The zero-order valence-corrected chi connectivity index (χ0v) is 21.4. The van der Waals surface area contributed by atoms with Crippen molar-refractivity contribution in [1.29, 1.82) is 5.26 Å². The molecule has 0 saturated heterocycles. The van der Waals surface area contributed by atoms with Crippen molar-refractivity contribution < 1.29 is 0 Å². The molecule has 0 bridgehead atoms. The molecule has 0 aromatic heterocycles. The van der Waals surface area contributed by atoms with Crippen molar-refractivity contribution in [3.63, 3.8) is 0 Å². The fourth-order valence-electron chi connectivity index (χ4n) is 6.58. The number of allylic oxidation sites excluding steroid dienone is 2. The van der Waals surface area contributed by atoms with Gasteiger partial charge in [-0.1, -0.05) is 88.6 Å². The van der Waals surface area contributed by atoms with Crippen LogP contribution in [0.25, 0.3) is 0 Å². The van der Waals surface area contributed by atoms with Gasteiger partial charge >= 0.3 is 0 Å². The van der Waals surface area contributed by atoms with E-state index in [0.29, 0.717) is 0 Å². The van der Waals surface area contributed by atoms with E-state index in [9.17, 15) is 0 Å². The van der Waals surface area contributed by atoms with E-state index in [0.717, 1.165) is 30.1 Å². The topological polar surface area (TPSA) is 23.8 Å². The van der Waals surface area contributed by atoms with E-state index < -0.39 is 0 Å². The second kappa shape index (κ2) is 15.4. The predicted octanol–water partition coefficient (Wildman–Crippen LogP) is 9.60. The minimum absolute atomic E-state index is 0.915. The van der Waals surface area contributed by atoms with Crippen molar-refractivity contribution in [2.75, 3.05) is 0 Å². The van der Waals surface area contributed by atoms with E-state index in [4.69, 9.17) is 5.26 Å². The van der Waals surface area contributed by atoms with Gasteiger partial charge in [-0.25, -0.2) is 0 Å². The van der Waals surface area contributed by atoms with Gasteiger partial charge in [0.15, 0.2) is 0 Å². The largest absolute Gasteiger partial charge is 0.193 e. The van der Waals surface area contributed by atoms with Gasteiger partial charge in [-0.2, -0.15) is 5.26 Å². The fourth-order valence-corrected chi connectivity index (χ4v) is 6.58. The van der Waals surface area contributed by atoms with Gasteiger partial charge in [-0.15, -0.1) is 0 Å². The third-order valence-electron chi connectivity index (χ3n) is 8.80. The van der Waals surface area contributed by atoms with Crippen molar-refractivity contribution in [2.24, 2.45) is 23.7 Å². The van der Waals surface area contributed by atoms with E-state index in [1.165, 1.54) is 120 Å². The van der Waals surface area contributed by atoms with Crippen LogP contribution in [-0.4, -0.2) is 0 Å². The zero-order chi connectivity index (χ0) is 23.1. The van der Waals surface area contributed by atoms with Crippen molar-refractivity contribution >= 4 is 0 Å². The molecular weight excluding hydrogens is 398 g/mol. The molecule has 0 radical (unpaired) electrons. The molecule has 1 aromatic carbocycles. The number of benzene rings is 1. The molecule has 2 saturated carbocycles. The number of nitrogens with zero attached hydrogens (tertiary/aromatic N) is 1. The van der Waals surface area contributed by atoms with Gasteiger partial charge in [-0.05, 0) is 99.0 Å². The molecule has 0 aliphatic heterocycles. The Kier molecular flexibility index (Phi) is 12.1. The molecule has 1 heteroatoms. The first-order valence-corrected chi connectivity index (χ1v) is 14.4. The quantitative estimate of drug-likeness (QED) is 0.218. The molecule has 0 amide bonds. The molecule has 0 spiro atoms. The molecule has 1 nitrogen and oxygen atoms in total. The molecule has 0 atom stereocenters. The van der Waals surface area contributed by atoms with Crippen molar-refractivity contribution in [1.82, 2.24) is 0 Å². The average Bonchev–Trinajstić information content (AvgIpc) is 2.86. The molecule has 0 N–H and O–H groups in total. The van der Waals surface area contributed by atoms with Crippen LogP contribution in [0.3, 0.4) is 0 Å². The first-order valence-electron chi connectivity index (χ1n) is 14.4. The monoisotopic (exact) mass is 447 g/mol. The van der Waals surface area contributed by atoms with Gasteiger partial charge in [-0.3, -0.25) is 0 Å². The van der Waals surface area contributed by atoms with E-state index >= 15 is 0 Å². The second-order valence-electron chi connectivity index (χ2n) is 11.2. The van der Waals surface area contributed by atoms with E-state index in [1.54, 1.807) is 6.08 Å². The molecule has 2 fully saturated rings. The van der Waals surface area contributed by atoms with E-state index in [-0.39, 0.29) is 0 Å². The van der Waals surface area contributed by atoms with Gasteiger partial charge in [0.2, 0.25) is 0 Å². The highest BCUT2D eigenvalue weighted by Gasteiger charge is 2.30. The van der Waals surface area contributed by atoms with Crippen molar-refractivity contribution in [3.05, 3.63) is 47.5 Å². The number of hydrogen-bond donors (Lipinski definition) is 0. The van der Waals surface area contributed by atoms with Crippen LogP contribution in [0.1, 0.15) is 121 Å². The maximum atomic E-state index is 8.61. The Bertz CT molecular complexity index is 693. The second-order valence-corrected chi connectivity index (χ2v) is 11.2. The number of unbranched alkanes of at least 4 members (excludes halogenated alkanes) is 3. The molecule has 33 heavy (non-hydrogen) atoms. The summed E-state index contributed by atoms with van der Waals surface area (Å²) in [4.78, 5) is 0. The maximum Gasteiger partial charge on any atom is 0.0908 e. The number of hydrogen-bond acceptors (Lipinski definition) is 1. The van der Waals surface area contributed by atoms with E-state index in [1.807, 2.05) is 0 Å². The normalized spacial score (nSPS) is 25.8. The Morgan fingerprint density at radius 3 is 1.76 bits per heavy atom. The minimum atomic E-state index is 0.915. The highest BCUT2D eigenvalue weighted by molar-refractivity contribution is 5.22. The lowest BCUT2D eigenvalue weighted by Crippen LogP contribution is -2.25. The van der Waals surface area contributed by atoms with E-state index in [2.05, 4.69) is 43.3 Å². The Morgan fingerprint density at radius 2 is 1.24 bits per heavy atom. The Labute approximate surface area is 205 Å². The summed E-state index contributed by atoms with van der Waals surface area (Å²) in [7, 11) is 0. The van der Waals surface area contributed by atoms with Crippen molar-refractivity contribution in [3.8, 4) is 6.07 Å². The molecular formula is C32H49N. The zero-order valence-electron chi connectivity index (χ0n) is 21.4. The Balaban J connectivity index is 1.23. The summed E-state index contributed by atoms with van der Waals surface area (Å²) < 4.78 is 0. The van der Waals surface area contributed by atoms with Crippen LogP contribution >= 0.6 is 0 Å². The van der Waals surface area contributed by atoms with Gasteiger partial charge < -0.3 is 0 Å². The molecule has 2 aliphatic carbocycles. The number of aryl methyl sites for hydroxylation is 2. The lowest BCUT2D eigenvalue weighted by molar-refractivity contribution is 0.140. The maximum absolute atomic E-state index is 8.61. The lowest BCUT2D eigenvalue weighted by atomic mass is 9.68. The number of rotatable bonds is 13. The highest BCUT2D eigenvalue weighted by atomic mass is 14.4. The summed E-state index contributed by atoms with van der Waals surface area (Å²) in [6.07, 6.45) is 28.7. The van der Waals surface area contributed by atoms with Gasteiger partial charge in [0.25, 0.3) is 0 Å². The first kappa shape index (κ1) is 26.1. The van der Waals surface area contributed by atoms with Gasteiger partial charge in [0, 0.05) is 6.08 Å². The fraction of sp³-hybridized carbons (Fsp3) is 0.719. The van der Waals surface area contributed by atoms with Crippen LogP contribution in [0.4, 0.5) is 0 Å². The highest BCUT2D eigenvalue weighted by Crippen LogP contribution is 2.43. The first-order chi connectivity index (χ1) is 16.3. The third kappa shape index (κ3) is 9.68. The van der Waals surface area contributed by atoms with Crippen LogP contribution in [0, 0.1) is 35.0 Å². The predicted molar refractivity (Wildman–Crippen MR) is 142 cm³/mol. The van der Waals surface area contributed by atoms with Gasteiger partial charge in [0.1, 0.15) is 0 Å². The average molecular weight is 448 g/mol. The van der Waals surface area contributed by atoms with Crippen molar-refractivity contribution in [2.45, 2.75) is 122 Å². The summed E-state index contributed by atoms with van der Waals surface area (Å²) in [5.41, 5.74) is 3.06. The summed E-state index contributed by atoms with van der Waals surface area (Å²) >= 11 is 0. The Morgan fingerprint density at radius 1 is 0.727 bits per heavy atom. The molecule has 2 aliphatic rings. The van der Waals surface area contributed by atoms with Crippen LogP contribution in [0.2, 0.25) is 0 Å². The van der Waals surface area contributed by atoms with Crippen LogP contribution in [-0.2, 0) is 12.8 Å². The van der Waals surface area contributed by atoms with Gasteiger partial charge in [0.05, 0.1) is 6.07 Å². The van der Waals surface area contributed by atoms with Crippen LogP contribution in [0.15, 0.2) is 36.4 Å².